The molecule has 0 aliphatic rings. The van der Waals surface area contributed by atoms with Crippen molar-refractivity contribution >= 4 is 11.8 Å². The van der Waals surface area contributed by atoms with Gasteiger partial charge in [-0.2, -0.15) is 0 Å². The molecule has 1 aromatic heterocycles. The molecule has 0 saturated heterocycles. The number of nitrogens with zero attached hydrogens (tertiary/aromatic N) is 2. The van der Waals surface area contributed by atoms with Crippen LogP contribution in [0.1, 0.15) is 26.5 Å². The van der Waals surface area contributed by atoms with Gasteiger partial charge in [-0.25, -0.2) is 9.97 Å². The van der Waals surface area contributed by atoms with Crippen LogP contribution in [0.25, 0.3) is 0 Å². The first-order valence-electron chi connectivity index (χ1n) is 5.24. The van der Waals surface area contributed by atoms with Gasteiger partial charge < -0.3 is 10.4 Å². The minimum absolute atomic E-state index is 0.336. The average Bonchev–Trinajstić information content (AvgIpc) is 2.26. The van der Waals surface area contributed by atoms with Gasteiger partial charge in [-0.15, -0.1) is 0 Å². The highest BCUT2D eigenvalue weighted by atomic mass is 16.4. The summed E-state index contributed by atoms with van der Waals surface area (Å²) in [7, 11) is 0. The molecule has 0 aromatic carbocycles. The van der Waals surface area contributed by atoms with Gasteiger partial charge >= 0.3 is 5.97 Å². The molecule has 0 amide bonds. The number of carboxylic acid groups (broad SMARTS) is 1. The van der Waals surface area contributed by atoms with E-state index in [0.717, 1.165) is 12.1 Å². The van der Waals surface area contributed by atoms with Crippen molar-refractivity contribution in [2.75, 3.05) is 11.9 Å². The fourth-order valence-electron chi connectivity index (χ4n) is 1.07. The van der Waals surface area contributed by atoms with E-state index in [1.54, 1.807) is 13.8 Å². The standard InChI is InChI=1S/C11H17N3O2/c1-4-8-5-9(14-7-13-8)12-6-11(2,3)10(15)16/h5,7H,4,6H2,1-3H3,(H,15,16)(H,12,13,14). The van der Waals surface area contributed by atoms with Crippen molar-refractivity contribution in [1.29, 1.82) is 0 Å². The average molecular weight is 223 g/mol. The number of aromatic nitrogens is 2. The highest BCUT2D eigenvalue weighted by Crippen LogP contribution is 2.16. The van der Waals surface area contributed by atoms with Crippen LogP contribution in [0.15, 0.2) is 12.4 Å². The topological polar surface area (TPSA) is 75.1 Å². The smallest absolute Gasteiger partial charge is 0.310 e. The number of aryl methyl sites for hydroxylation is 1. The number of nitrogens with one attached hydrogen (secondary N) is 1. The lowest BCUT2D eigenvalue weighted by Crippen LogP contribution is -2.32. The maximum atomic E-state index is 10.9. The van der Waals surface area contributed by atoms with Crippen molar-refractivity contribution in [3.8, 4) is 0 Å². The van der Waals surface area contributed by atoms with E-state index >= 15 is 0 Å². The summed E-state index contributed by atoms with van der Waals surface area (Å²) in [6.45, 7) is 5.68. The largest absolute Gasteiger partial charge is 0.481 e. The van der Waals surface area contributed by atoms with Crippen LogP contribution in [0.2, 0.25) is 0 Å². The second-order valence-electron chi connectivity index (χ2n) is 4.29. The molecule has 1 rings (SSSR count). The summed E-state index contributed by atoms with van der Waals surface area (Å²) in [5.74, 6) is -0.161. The number of anilines is 1. The molecule has 16 heavy (non-hydrogen) atoms. The summed E-state index contributed by atoms with van der Waals surface area (Å²) in [5, 5.41) is 12.0. The fourth-order valence-corrected chi connectivity index (χ4v) is 1.07. The van der Waals surface area contributed by atoms with Crippen LogP contribution in [-0.4, -0.2) is 27.6 Å². The van der Waals surface area contributed by atoms with Crippen LogP contribution >= 0.6 is 0 Å². The van der Waals surface area contributed by atoms with Crippen LogP contribution < -0.4 is 5.32 Å². The van der Waals surface area contributed by atoms with E-state index in [0.29, 0.717) is 12.4 Å². The molecule has 1 aromatic rings. The summed E-state index contributed by atoms with van der Waals surface area (Å²) in [6, 6.07) is 1.83. The maximum Gasteiger partial charge on any atom is 0.310 e. The third kappa shape index (κ3) is 3.18. The third-order valence-electron chi connectivity index (χ3n) is 2.38. The van der Waals surface area contributed by atoms with Gasteiger partial charge in [-0.3, -0.25) is 4.79 Å². The number of hydrogen-bond donors (Lipinski definition) is 2. The zero-order valence-corrected chi connectivity index (χ0v) is 9.82. The maximum absolute atomic E-state index is 10.9. The minimum atomic E-state index is -0.829. The molecule has 0 atom stereocenters. The summed E-state index contributed by atoms with van der Waals surface area (Å²) in [5.41, 5.74) is 0.128. The molecule has 2 N–H and O–H groups in total. The first kappa shape index (κ1) is 12.4. The molecule has 0 aliphatic carbocycles. The highest BCUT2D eigenvalue weighted by Gasteiger charge is 2.26. The van der Waals surface area contributed by atoms with Crippen LogP contribution in [0, 0.1) is 5.41 Å². The van der Waals surface area contributed by atoms with Gasteiger partial charge in [-0.1, -0.05) is 6.92 Å². The van der Waals surface area contributed by atoms with Crippen molar-refractivity contribution in [2.24, 2.45) is 5.41 Å². The van der Waals surface area contributed by atoms with E-state index in [1.165, 1.54) is 6.33 Å². The predicted molar refractivity (Wildman–Crippen MR) is 61.3 cm³/mol. The molecular formula is C11H17N3O2. The van der Waals surface area contributed by atoms with Crippen LogP contribution in [0.5, 0.6) is 0 Å². The Balaban J connectivity index is 2.64. The molecule has 0 fully saturated rings. The van der Waals surface area contributed by atoms with E-state index in [-0.39, 0.29) is 0 Å². The Labute approximate surface area is 94.9 Å². The Bertz CT molecular complexity index is 377. The van der Waals surface area contributed by atoms with Gasteiger partial charge in [0.1, 0.15) is 12.1 Å². The van der Waals surface area contributed by atoms with Gasteiger partial charge in [-0.05, 0) is 20.3 Å². The Hall–Kier alpha value is -1.65. The number of rotatable bonds is 5. The minimum Gasteiger partial charge on any atom is -0.481 e. The molecule has 0 unspecified atom stereocenters. The lowest BCUT2D eigenvalue weighted by Gasteiger charge is -2.19. The van der Waals surface area contributed by atoms with E-state index < -0.39 is 11.4 Å². The van der Waals surface area contributed by atoms with E-state index in [2.05, 4.69) is 15.3 Å². The number of carbonyl (C=O) groups is 1. The molecule has 0 radical (unpaired) electrons. The van der Waals surface area contributed by atoms with Crippen LogP contribution in [0.3, 0.4) is 0 Å². The molecule has 0 aliphatic heterocycles. The van der Waals surface area contributed by atoms with Gasteiger partial charge in [0.25, 0.3) is 0 Å². The number of aliphatic carboxylic acids is 1. The second kappa shape index (κ2) is 4.92. The quantitative estimate of drug-likeness (QED) is 0.792. The monoisotopic (exact) mass is 223 g/mol. The molecule has 0 spiro atoms. The number of hydrogen-bond acceptors (Lipinski definition) is 4. The van der Waals surface area contributed by atoms with Crippen molar-refractivity contribution in [1.82, 2.24) is 9.97 Å². The van der Waals surface area contributed by atoms with Crippen molar-refractivity contribution in [3.63, 3.8) is 0 Å². The van der Waals surface area contributed by atoms with E-state index in [1.807, 2.05) is 13.0 Å². The second-order valence-corrected chi connectivity index (χ2v) is 4.29. The van der Waals surface area contributed by atoms with E-state index in [4.69, 9.17) is 5.11 Å². The molecule has 1 heterocycles. The highest BCUT2D eigenvalue weighted by molar-refractivity contribution is 5.74. The molecule has 5 nitrogen and oxygen atoms in total. The zero-order valence-electron chi connectivity index (χ0n) is 9.82. The summed E-state index contributed by atoms with van der Waals surface area (Å²) in [4.78, 5) is 19.0. The van der Waals surface area contributed by atoms with Crippen LogP contribution in [0.4, 0.5) is 5.82 Å². The van der Waals surface area contributed by atoms with Crippen molar-refractivity contribution in [3.05, 3.63) is 18.1 Å². The molecule has 88 valence electrons. The molecular weight excluding hydrogens is 206 g/mol. The van der Waals surface area contributed by atoms with Crippen molar-refractivity contribution < 1.29 is 9.90 Å². The lowest BCUT2D eigenvalue weighted by atomic mass is 9.94. The van der Waals surface area contributed by atoms with Crippen LogP contribution in [-0.2, 0) is 11.2 Å². The first-order chi connectivity index (χ1) is 7.45. The first-order valence-corrected chi connectivity index (χ1v) is 5.24. The van der Waals surface area contributed by atoms with Gasteiger partial charge in [0.05, 0.1) is 5.41 Å². The molecule has 0 saturated carbocycles. The Morgan fingerprint density at radius 3 is 2.75 bits per heavy atom. The Morgan fingerprint density at radius 1 is 1.50 bits per heavy atom. The summed E-state index contributed by atoms with van der Waals surface area (Å²) < 4.78 is 0. The Kier molecular flexibility index (Phi) is 3.82. The fraction of sp³-hybridized carbons (Fsp3) is 0.545. The molecule has 5 heteroatoms. The van der Waals surface area contributed by atoms with E-state index in [9.17, 15) is 4.79 Å². The third-order valence-corrected chi connectivity index (χ3v) is 2.38. The number of carboxylic acids is 1. The summed E-state index contributed by atoms with van der Waals surface area (Å²) >= 11 is 0. The van der Waals surface area contributed by atoms with Gasteiger partial charge in [0.15, 0.2) is 0 Å². The lowest BCUT2D eigenvalue weighted by molar-refractivity contribution is -0.146. The molecule has 0 bridgehead atoms. The normalized spacial score (nSPS) is 11.2. The van der Waals surface area contributed by atoms with Crippen molar-refractivity contribution in [2.45, 2.75) is 27.2 Å². The zero-order chi connectivity index (χ0) is 12.2. The Morgan fingerprint density at radius 2 is 2.19 bits per heavy atom. The summed E-state index contributed by atoms with van der Waals surface area (Å²) in [6.07, 6.45) is 2.31. The van der Waals surface area contributed by atoms with Gasteiger partial charge in [0, 0.05) is 18.3 Å². The van der Waals surface area contributed by atoms with Gasteiger partial charge in [0.2, 0.25) is 0 Å². The predicted octanol–water partition coefficient (Wildman–Crippen LogP) is 1.56. The SMILES string of the molecule is CCc1cc(NCC(C)(C)C(=O)O)ncn1.